The highest BCUT2D eigenvalue weighted by atomic mass is 16.2. The number of benzene rings is 1. The minimum Gasteiger partial charge on any atom is -0.385 e. The zero-order chi connectivity index (χ0) is 11.5. The third-order valence-electron chi connectivity index (χ3n) is 2.52. The summed E-state index contributed by atoms with van der Waals surface area (Å²) < 4.78 is 0. The van der Waals surface area contributed by atoms with E-state index >= 15 is 0 Å². The first-order chi connectivity index (χ1) is 7.72. The van der Waals surface area contributed by atoms with Gasteiger partial charge in [-0.25, -0.2) is 4.79 Å². The fraction of sp³-hybridized carbons (Fsp3) is 0.364. The van der Waals surface area contributed by atoms with E-state index in [9.17, 15) is 4.79 Å². The first-order valence-electron chi connectivity index (χ1n) is 5.42. The van der Waals surface area contributed by atoms with Crippen molar-refractivity contribution in [1.29, 1.82) is 0 Å². The Hall–Kier alpha value is -1.75. The summed E-state index contributed by atoms with van der Waals surface area (Å²) in [6.45, 7) is 2.99. The molecule has 0 aromatic heterocycles. The standard InChI is InChI=1S/C11H16N4O/c1-2-6-13-7-4-3-5-8-9(7)10(12)15-11(16)14-8/h3-5,10,13H,2,6,12H2,1H3,(H2,14,15,16). The number of hydrogen-bond donors (Lipinski definition) is 4. The molecule has 0 saturated carbocycles. The van der Waals surface area contributed by atoms with E-state index in [1.807, 2.05) is 18.2 Å². The van der Waals surface area contributed by atoms with Gasteiger partial charge in [0, 0.05) is 17.8 Å². The molecule has 5 nitrogen and oxygen atoms in total. The Morgan fingerprint density at radius 1 is 1.50 bits per heavy atom. The number of urea groups is 1. The second kappa shape index (κ2) is 4.40. The van der Waals surface area contributed by atoms with Gasteiger partial charge in [-0.05, 0) is 18.6 Å². The lowest BCUT2D eigenvalue weighted by Crippen LogP contribution is -2.42. The number of nitrogens with one attached hydrogen (secondary N) is 3. The van der Waals surface area contributed by atoms with E-state index in [0.717, 1.165) is 29.9 Å². The third kappa shape index (κ3) is 1.94. The third-order valence-corrected chi connectivity index (χ3v) is 2.52. The van der Waals surface area contributed by atoms with Crippen LogP contribution in [0.5, 0.6) is 0 Å². The average molecular weight is 220 g/mol. The van der Waals surface area contributed by atoms with Crippen LogP contribution in [0.4, 0.5) is 16.2 Å². The molecule has 2 rings (SSSR count). The van der Waals surface area contributed by atoms with Crippen LogP contribution in [0.25, 0.3) is 0 Å². The highest BCUT2D eigenvalue weighted by Crippen LogP contribution is 2.30. The van der Waals surface area contributed by atoms with E-state index in [2.05, 4.69) is 22.9 Å². The maximum atomic E-state index is 11.2. The van der Waals surface area contributed by atoms with Crippen molar-refractivity contribution in [3.63, 3.8) is 0 Å². The van der Waals surface area contributed by atoms with Crippen molar-refractivity contribution in [2.24, 2.45) is 5.73 Å². The lowest BCUT2D eigenvalue weighted by Gasteiger charge is -2.26. The Morgan fingerprint density at radius 2 is 2.31 bits per heavy atom. The highest BCUT2D eigenvalue weighted by molar-refractivity contribution is 5.94. The smallest absolute Gasteiger partial charge is 0.320 e. The van der Waals surface area contributed by atoms with E-state index in [0.29, 0.717) is 0 Å². The largest absolute Gasteiger partial charge is 0.385 e. The molecule has 5 heteroatoms. The van der Waals surface area contributed by atoms with Crippen molar-refractivity contribution < 1.29 is 4.79 Å². The summed E-state index contributed by atoms with van der Waals surface area (Å²) >= 11 is 0. The molecular weight excluding hydrogens is 204 g/mol. The molecule has 16 heavy (non-hydrogen) atoms. The lowest BCUT2D eigenvalue weighted by molar-refractivity contribution is 0.247. The van der Waals surface area contributed by atoms with Gasteiger partial charge < -0.3 is 21.7 Å². The molecular formula is C11H16N4O. The van der Waals surface area contributed by atoms with Gasteiger partial charge in [0.25, 0.3) is 0 Å². The molecule has 0 fully saturated rings. The van der Waals surface area contributed by atoms with Crippen LogP contribution in [0, 0.1) is 0 Å². The minimum atomic E-state index is -0.454. The molecule has 2 amide bonds. The summed E-state index contributed by atoms with van der Waals surface area (Å²) in [5.41, 5.74) is 8.56. The fourth-order valence-corrected chi connectivity index (χ4v) is 1.79. The Kier molecular flexibility index (Phi) is 2.96. The van der Waals surface area contributed by atoms with Gasteiger partial charge in [-0.3, -0.25) is 0 Å². The van der Waals surface area contributed by atoms with Crippen molar-refractivity contribution in [2.75, 3.05) is 17.2 Å². The van der Waals surface area contributed by atoms with Crippen LogP contribution in [0.3, 0.4) is 0 Å². The SMILES string of the molecule is CCCNc1cccc2c1C(N)NC(=O)N2. The van der Waals surface area contributed by atoms with E-state index in [1.165, 1.54) is 0 Å². The molecule has 1 unspecified atom stereocenters. The number of amides is 2. The number of carbonyl (C=O) groups excluding carboxylic acids is 1. The van der Waals surface area contributed by atoms with Gasteiger partial charge in [-0.2, -0.15) is 0 Å². The quantitative estimate of drug-likeness (QED) is 0.624. The molecule has 1 aliphatic heterocycles. The number of rotatable bonds is 3. The summed E-state index contributed by atoms with van der Waals surface area (Å²) in [6, 6.07) is 5.46. The van der Waals surface area contributed by atoms with Crippen molar-refractivity contribution in [1.82, 2.24) is 5.32 Å². The van der Waals surface area contributed by atoms with Crippen molar-refractivity contribution in [3.8, 4) is 0 Å². The molecule has 0 spiro atoms. The molecule has 0 bridgehead atoms. The van der Waals surface area contributed by atoms with E-state index in [1.54, 1.807) is 0 Å². The number of nitrogens with two attached hydrogens (primary N) is 1. The van der Waals surface area contributed by atoms with Crippen molar-refractivity contribution in [3.05, 3.63) is 23.8 Å². The zero-order valence-corrected chi connectivity index (χ0v) is 9.21. The molecule has 5 N–H and O–H groups in total. The molecule has 1 aromatic rings. The Balaban J connectivity index is 2.34. The van der Waals surface area contributed by atoms with Crippen LogP contribution in [0.1, 0.15) is 25.1 Å². The number of hydrogen-bond acceptors (Lipinski definition) is 3. The van der Waals surface area contributed by atoms with Crippen LogP contribution in [0.15, 0.2) is 18.2 Å². The van der Waals surface area contributed by atoms with Gasteiger partial charge in [0.15, 0.2) is 0 Å². The maximum Gasteiger partial charge on any atom is 0.320 e. The molecule has 1 heterocycles. The zero-order valence-electron chi connectivity index (χ0n) is 9.21. The summed E-state index contributed by atoms with van der Waals surface area (Å²) in [6.07, 6.45) is 0.586. The van der Waals surface area contributed by atoms with E-state index in [4.69, 9.17) is 5.73 Å². The monoisotopic (exact) mass is 220 g/mol. The second-order valence-electron chi connectivity index (χ2n) is 3.77. The van der Waals surface area contributed by atoms with Crippen molar-refractivity contribution >= 4 is 17.4 Å². The fourth-order valence-electron chi connectivity index (χ4n) is 1.79. The molecule has 0 saturated heterocycles. The van der Waals surface area contributed by atoms with Crippen molar-refractivity contribution in [2.45, 2.75) is 19.5 Å². The lowest BCUT2D eigenvalue weighted by atomic mass is 10.1. The van der Waals surface area contributed by atoms with Gasteiger partial charge in [0.2, 0.25) is 0 Å². The predicted molar refractivity (Wildman–Crippen MR) is 64.3 cm³/mol. The van der Waals surface area contributed by atoms with Gasteiger partial charge in [-0.1, -0.05) is 13.0 Å². The number of carbonyl (C=O) groups is 1. The molecule has 1 aliphatic rings. The molecule has 1 atom stereocenters. The Bertz CT molecular complexity index is 405. The van der Waals surface area contributed by atoms with Crippen LogP contribution < -0.4 is 21.7 Å². The van der Waals surface area contributed by atoms with Gasteiger partial charge in [0.1, 0.15) is 6.17 Å². The Morgan fingerprint density at radius 3 is 3.06 bits per heavy atom. The first-order valence-corrected chi connectivity index (χ1v) is 5.42. The molecule has 0 radical (unpaired) electrons. The normalized spacial score (nSPS) is 18.4. The summed E-state index contributed by atoms with van der Waals surface area (Å²) in [7, 11) is 0. The molecule has 1 aromatic carbocycles. The average Bonchev–Trinajstić information content (AvgIpc) is 2.25. The van der Waals surface area contributed by atoms with Gasteiger partial charge in [-0.15, -0.1) is 0 Å². The Labute approximate surface area is 94.4 Å². The maximum absolute atomic E-state index is 11.2. The molecule has 0 aliphatic carbocycles. The predicted octanol–water partition coefficient (Wildman–Crippen LogP) is 1.60. The van der Waals surface area contributed by atoms with Crippen LogP contribution in [-0.4, -0.2) is 12.6 Å². The van der Waals surface area contributed by atoms with Crippen LogP contribution in [0.2, 0.25) is 0 Å². The van der Waals surface area contributed by atoms with Crippen LogP contribution in [-0.2, 0) is 0 Å². The first kappa shape index (κ1) is 10.8. The highest BCUT2D eigenvalue weighted by Gasteiger charge is 2.23. The second-order valence-corrected chi connectivity index (χ2v) is 3.77. The van der Waals surface area contributed by atoms with Crippen LogP contribution >= 0.6 is 0 Å². The van der Waals surface area contributed by atoms with E-state index < -0.39 is 6.17 Å². The minimum absolute atomic E-state index is 0.257. The number of fused-ring (bicyclic) bond motifs is 1. The summed E-state index contributed by atoms with van der Waals surface area (Å²) in [5, 5.41) is 8.67. The van der Waals surface area contributed by atoms with Gasteiger partial charge >= 0.3 is 6.03 Å². The number of anilines is 2. The summed E-state index contributed by atoms with van der Waals surface area (Å²) in [5.74, 6) is 0. The van der Waals surface area contributed by atoms with Gasteiger partial charge in [0.05, 0.1) is 5.69 Å². The molecule has 86 valence electrons. The topological polar surface area (TPSA) is 79.2 Å². The van der Waals surface area contributed by atoms with E-state index in [-0.39, 0.29) is 6.03 Å². The summed E-state index contributed by atoms with van der Waals surface area (Å²) in [4.78, 5) is 11.2.